The molecule has 3 aromatic carbocycles. The molecule has 2 unspecified atom stereocenters. The van der Waals surface area contributed by atoms with Crippen LogP contribution < -0.4 is 9.47 Å². The van der Waals surface area contributed by atoms with E-state index in [0.29, 0.717) is 32.3 Å². The molecule has 0 aliphatic rings. The average molecular weight is 657 g/mol. The first kappa shape index (κ1) is 37.6. The fourth-order valence-electron chi connectivity index (χ4n) is 5.02. The molecule has 256 valence electrons. The molecule has 0 fully saturated rings. The van der Waals surface area contributed by atoms with Gasteiger partial charge in [-0.25, -0.2) is 4.79 Å². The molecular weight excluding hydrogens is 609 g/mol. The first-order valence-corrected chi connectivity index (χ1v) is 16.7. The van der Waals surface area contributed by atoms with Crippen molar-refractivity contribution in [2.75, 3.05) is 19.8 Å². The zero-order valence-corrected chi connectivity index (χ0v) is 27.4. The number of hydrogen-bond donors (Lipinski definition) is 0. The summed E-state index contributed by atoms with van der Waals surface area (Å²) in [6.07, 6.45) is 0.0528. The predicted molar refractivity (Wildman–Crippen MR) is 177 cm³/mol. The Hall–Kier alpha value is -3.85. The SMILES string of the molecule is CCCCCCOC(CCOC(=O)c1ccc(OC(=O)C(CCCC)CCCOc2ccc(-c3ccccc3)cc2)cc1)C(F)(F)F. The molecule has 3 aromatic rings. The van der Waals surface area contributed by atoms with E-state index in [2.05, 4.69) is 19.1 Å². The molecule has 3 rings (SSSR count). The van der Waals surface area contributed by atoms with Crippen molar-refractivity contribution in [2.24, 2.45) is 5.92 Å². The normalized spacial score (nSPS) is 12.7. The summed E-state index contributed by atoms with van der Waals surface area (Å²) < 4.78 is 61.6. The van der Waals surface area contributed by atoms with Crippen LogP contribution in [0.4, 0.5) is 13.2 Å². The zero-order chi connectivity index (χ0) is 33.9. The van der Waals surface area contributed by atoms with Crippen LogP contribution in [0.2, 0.25) is 0 Å². The molecule has 0 radical (unpaired) electrons. The second kappa shape index (κ2) is 20.4. The first-order chi connectivity index (χ1) is 22.7. The third kappa shape index (κ3) is 13.8. The van der Waals surface area contributed by atoms with Crippen LogP contribution in [0.1, 0.15) is 88.4 Å². The number of carbonyl (C=O) groups excluding carboxylic acids is 2. The summed E-state index contributed by atoms with van der Waals surface area (Å²) in [4.78, 5) is 25.5. The van der Waals surface area contributed by atoms with Crippen molar-refractivity contribution < 1.29 is 41.7 Å². The number of hydrogen-bond acceptors (Lipinski definition) is 6. The third-order valence-corrected chi connectivity index (χ3v) is 7.77. The maximum absolute atomic E-state index is 13.3. The Labute approximate surface area is 276 Å². The standard InChI is InChI=1S/C38H47F3O6/c1-3-5-7-11-26-45-35(38(39,40)41)25-28-46-36(42)32-19-23-34(24-20-32)47-37(43)31(13-6-4-2)16-12-27-44-33-21-17-30(18-22-33)29-14-9-8-10-15-29/h8-10,14-15,17-24,31,35H,3-7,11-13,16,25-28H2,1-2H3. The van der Waals surface area contributed by atoms with Gasteiger partial charge in [0, 0.05) is 13.0 Å². The Morgan fingerprint density at radius 1 is 0.660 bits per heavy atom. The van der Waals surface area contributed by atoms with Crippen molar-refractivity contribution in [1.29, 1.82) is 0 Å². The molecular formula is C38H47F3O6. The fourth-order valence-corrected chi connectivity index (χ4v) is 5.02. The Bertz CT molecular complexity index is 1310. The van der Waals surface area contributed by atoms with Crippen molar-refractivity contribution in [3.63, 3.8) is 0 Å². The van der Waals surface area contributed by atoms with E-state index in [0.717, 1.165) is 49.0 Å². The second-order valence-electron chi connectivity index (χ2n) is 11.6. The Morgan fingerprint density at radius 3 is 1.96 bits per heavy atom. The van der Waals surface area contributed by atoms with Crippen LogP contribution in [0.15, 0.2) is 78.9 Å². The highest BCUT2D eigenvalue weighted by Gasteiger charge is 2.40. The van der Waals surface area contributed by atoms with Crippen LogP contribution in [-0.2, 0) is 14.3 Å². The lowest BCUT2D eigenvalue weighted by Gasteiger charge is -2.20. The molecule has 2 atom stereocenters. The van der Waals surface area contributed by atoms with Gasteiger partial charge in [0.05, 0.1) is 24.7 Å². The predicted octanol–water partition coefficient (Wildman–Crippen LogP) is 10.00. The van der Waals surface area contributed by atoms with Gasteiger partial charge in [-0.15, -0.1) is 0 Å². The average Bonchev–Trinajstić information content (AvgIpc) is 3.07. The van der Waals surface area contributed by atoms with Crippen LogP contribution in [0.5, 0.6) is 11.5 Å². The Kier molecular flexibility index (Phi) is 16.3. The molecule has 0 amide bonds. The highest BCUT2D eigenvalue weighted by atomic mass is 19.4. The Morgan fingerprint density at radius 2 is 1.30 bits per heavy atom. The summed E-state index contributed by atoms with van der Waals surface area (Å²) in [7, 11) is 0. The molecule has 0 N–H and O–H groups in total. The van der Waals surface area contributed by atoms with Crippen LogP contribution >= 0.6 is 0 Å². The summed E-state index contributed by atoms with van der Waals surface area (Å²) >= 11 is 0. The number of benzene rings is 3. The molecule has 0 heterocycles. The van der Waals surface area contributed by atoms with Gasteiger partial charge in [0.1, 0.15) is 11.5 Å². The van der Waals surface area contributed by atoms with E-state index in [-0.39, 0.29) is 29.8 Å². The summed E-state index contributed by atoms with van der Waals surface area (Å²) in [5.74, 6) is -0.381. The van der Waals surface area contributed by atoms with Gasteiger partial charge < -0.3 is 18.9 Å². The van der Waals surface area contributed by atoms with Gasteiger partial charge in [0.15, 0.2) is 6.10 Å². The summed E-state index contributed by atoms with van der Waals surface area (Å²) in [5, 5.41) is 0. The van der Waals surface area contributed by atoms with Gasteiger partial charge in [0.2, 0.25) is 0 Å². The van der Waals surface area contributed by atoms with Crippen LogP contribution in [-0.4, -0.2) is 44.0 Å². The highest BCUT2D eigenvalue weighted by molar-refractivity contribution is 5.89. The van der Waals surface area contributed by atoms with E-state index in [1.165, 1.54) is 24.3 Å². The van der Waals surface area contributed by atoms with Crippen molar-refractivity contribution in [2.45, 2.75) is 90.3 Å². The zero-order valence-electron chi connectivity index (χ0n) is 27.4. The number of unbranched alkanes of at least 4 members (excludes halogenated alkanes) is 4. The molecule has 0 saturated heterocycles. The third-order valence-electron chi connectivity index (χ3n) is 7.77. The number of carbonyl (C=O) groups is 2. The van der Waals surface area contributed by atoms with Gasteiger partial charge in [-0.05, 0) is 73.2 Å². The molecule has 0 saturated carbocycles. The monoisotopic (exact) mass is 656 g/mol. The highest BCUT2D eigenvalue weighted by Crippen LogP contribution is 2.27. The van der Waals surface area contributed by atoms with Crippen molar-refractivity contribution in [3.05, 3.63) is 84.4 Å². The van der Waals surface area contributed by atoms with E-state index in [1.807, 2.05) is 49.4 Å². The van der Waals surface area contributed by atoms with E-state index in [1.54, 1.807) is 0 Å². The minimum atomic E-state index is -4.54. The van der Waals surface area contributed by atoms with E-state index < -0.39 is 31.3 Å². The lowest BCUT2D eigenvalue weighted by molar-refractivity contribution is -0.224. The number of rotatable bonds is 21. The van der Waals surface area contributed by atoms with E-state index in [9.17, 15) is 22.8 Å². The van der Waals surface area contributed by atoms with Crippen molar-refractivity contribution in [3.8, 4) is 22.6 Å². The van der Waals surface area contributed by atoms with Gasteiger partial charge in [-0.3, -0.25) is 4.79 Å². The van der Waals surface area contributed by atoms with Crippen LogP contribution in [0.3, 0.4) is 0 Å². The van der Waals surface area contributed by atoms with Gasteiger partial charge in [-0.2, -0.15) is 13.2 Å². The summed E-state index contributed by atoms with van der Waals surface area (Å²) in [6, 6.07) is 23.8. The van der Waals surface area contributed by atoms with E-state index >= 15 is 0 Å². The molecule has 0 aromatic heterocycles. The summed E-state index contributed by atoms with van der Waals surface area (Å²) in [5.41, 5.74) is 2.39. The van der Waals surface area contributed by atoms with Gasteiger partial charge >= 0.3 is 18.1 Å². The summed E-state index contributed by atoms with van der Waals surface area (Å²) in [6.45, 7) is 4.12. The quantitative estimate of drug-likeness (QED) is 0.0646. The molecule has 6 nitrogen and oxygen atoms in total. The molecule has 0 bridgehead atoms. The second-order valence-corrected chi connectivity index (χ2v) is 11.6. The Balaban J connectivity index is 1.43. The molecule has 47 heavy (non-hydrogen) atoms. The molecule has 0 aliphatic carbocycles. The largest absolute Gasteiger partial charge is 0.494 e. The maximum atomic E-state index is 13.3. The number of esters is 2. The van der Waals surface area contributed by atoms with Crippen molar-refractivity contribution >= 4 is 11.9 Å². The maximum Gasteiger partial charge on any atom is 0.414 e. The lowest BCUT2D eigenvalue weighted by atomic mass is 9.97. The van der Waals surface area contributed by atoms with Crippen LogP contribution in [0, 0.1) is 5.92 Å². The first-order valence-electron chi connectivity index (χ1n) is 16.7. The molecule has 0 aliphatic heterocycles. The van der Waals surface area contributed by atoms with Crippen molar-refractivity contribution in [1.82, 2.24) is 0 Å². The number of halogens is 3. The topological polar surface area (TPSA) is 71.1 Å². The number of alkyl halides is 3. The van der Waals surface area contributed by atoms with Gasteiger partial charge in [0.25, 0.3) is 0 Å². The number of ether oxygens (including phenoxy) is 4. The lowest BCUT2D eigenvalue weighted by Crippen LogP contribution is -2.33. The molecule has 0 spiro atoms. The minimum Gasteiger partial charge on any atom is -0.494 e. The van der Waals surface area contributed by atoms with Gasteiger partial charge in [-0.1, -0.05) is 88.4 Å². The molecule has 9 heteroatoms. The van der Waals surface area contributed by atoms with Crippen LogP contribution in [0.25, 0.3) is 11.1 Å². The van der Waals surface area contributed by atoms with E-state index in [4.69, 9.17) is 18.9 Å². The fraction of sp³-hybridized carbons (Fsp3) is 0.474. The smallest absolute Gasteiger partial charge is 0.414 e. The minimum absolute atomic E-state index is 0.00927.